The molecule has 5 heterocycles. The topological polar surface area (TPSA) is 139 Å². The van der Waals surface area contributed by atoms with Gasteiger partial charge in [0.2, 0.25) is 0 Å². The minimum Gasteiger partial charge on any atom is -0.347 e. The summed E-state index contributed by atoms with van der Waals surface area (Å²) in [5, 5.41) is 17.6. The van der Waals surface area contributed by atoms with Crippen molar-refractivity contribution in [3.05, 3.63) is 88.9 Å². The van der Waals surface area contributed by atoms with E-state index in [9.17, 15) is 4.79 Å². The Bertz CT molecular complexity index is 1550. The van der Waals surface area contributed by atoms with E-state index in [1.165, 1.54) is 0 Å². The first kappa shape index (κ1) is 23.8. The fourth-order valence-corrected chi connectivity index (χ4v) is 3.82. The molecule has 0 unspecified atom stereocenters. The lowest BCUT2D eigenvalue weighted by atomic mass is 10.2. The van der Waals surface area contributed by atoms with Crippen LogP contribution in [0.1, 0.15) is 38.8 Å². The maximum absolute atomic E-state index is 12.7. The lowest BCUT2D eigenvalue weighted by molar-refractivity contribution is 0.0946. The van der Waals surface area contributed by atoms with Crippen molar-refractivity contribution < 1.29 is 4.79 Å². The molecule has 11 nitrogen and oxygen atoms in total. The van der Waals surface area contributed by atoms with Crippen molar-refractivity contribution in [2.24, 2.45) is 0 Å². The van der Waals surface area contributed by atoms with E-state index in [1.807, 2.05) is 58.0 Å². The highest BCUT2D eigenvalue weighted by Crippen LogP contribution is 2.20. The van der Waals surface area contributed by atoms with Crippen LogP contribution >= 0.6 is 0 Å². The average Bonchev–Trinajstić information content (AvgIpc) is 3.45. The molecule has 0 saturated carbocycles. The summed E-state index contributed by atoms with van der Waals surface area (Å²) >= 11 is 0. The predicted molar refractivity (Wildman–Crippen MR) is 139 cm³/mol. The van der Waals surface area contributed by atoms with E-state index in [4.69, 9.17) is 0 Å². The normalized spacial score (nSPS) is 10.9. The SMILES string of the molecule is Cc1cc(Nc2cc(C)[nH]n2)nc(-c2ccc(C(=O)NCc3ccc(-n4nc(C)cc4C)nc3)nc2)n1. The number of nitrogens with one attached hydrogen (secondary N) is 3. The molecule has 0 fully saturated rings. The minimum atomic E-state index is -0.282. The van der Waals surface area contributed by atoms with Crippen LogP contribution in [-0.2, 0) is 6.54 Å². The van der Waals surface area contributed by atoms with Crippen LogP contribution in [0.2, 0.25) is 0 Å². The summed E-state index contributed by atoms with van der Waals surface area (Å²) < 4.78 is 1.79. The summed E-state index contributed by atoms with van der Waals surface area (Å²) in [6, 6.07) is 13.0. The van der Waals surface area contributed by atoms with Crippen molar-refractivity contribution in [3.63, 3.8) is 0 Å². The van der Waals surface area contributed by atoms with E-state index >= 15 is 0 Å². The van der Waals surface area contributed by atoms with Crippen molar-refractivity contribution in [2.45, 2.75) is 34.2 Å². The number of amides is 1. The van der Waals surface area contributed by atoms with Gasteiger partial charge in [0, 0.05) is 53.7 Å². The van der Waals surface area contributed by atoms with Crippen molar-refractivity contribution in [1.29, 1.82) is 0 Å². The van der Waals surface area contributed by atoms with Crippen LogP contribution in [0.5, 0.6) is 0 Å². The van der Waals surface area contributed by atoms with Gasteiger partial charge in [-0.3, -0.25) is 14.9 Å². The molecule has 0 aliphatic carbocycles. The maximum atomic E-state index is 12.7. The molecular weight excluding hydrogens is 468 g/mol. The average molecular weight is 495 g/mol. The summed E-state index contributed by atoms with van der Waals surface area (Å²) in [5.41, 5.74) is 5.55. The zero-order valence-corrected chi connectivity index (χ0v) is 20.9. The van der Waals surface area contributed by atoms with Gasteiger partial charge in [0.05, 0.1) is 5.69 Å². The molecule has 0 aliphatic heterocycles. The van der Waals surface area contributed by atoms with E-state index in [1.54, 1.807) is 29.2 Å². The Kier molecular flexibility index (Phi) is 6.42. The first-order valence-corrected chi connectivity index (χ1v) is 11.7. The molecule has 0 aromatic carbocycles. The fraction of sp³-hybridized carbons (Fsp3) is 0.192. The molecule has 5 rings (SSSR count). The van der Waals surface area contributed by atoms with Gasteiger partial charge in [0.1, 0.15) is 11.5 Å². The summed E-state index contributed by atoms with van der Waals surface area (Å²) in [5.74, 6) is 2.24. The Balaban J connectivity index is 1.23. The Hall–Kier alpha value is -4.93. The summed E-state index contributed by atoms with van der Waals surface area (Å²) in [7, 11) is 0. The molecule has 0 aliphatic rings. The lowest BCUT2D eigenvalue weighted by Gasteiger charge is -2.08. The van der Waals surface area contributed by atoms with Crippen molar-refractivity contribution >= 4 is 17.5 Å². The highest BCUT2D eigenvalue weighted by molar-refractivity contribution is 5.92. The first-order chi connectivity index (χ1) is 17.8. The molecule has 0 bridgehead atoms. The first-order valence-electron chi connectivity index (χ1n) is 11.7. The Morgan fingerprint density at radius 1 is 0.919 bits per heavy atom. The van der Waals surface area contributed by atoms with Gasteiger partial charge in [-0.25, -0.2) is 19.6 Å². The van der Waals surface area contributed by atoms with Crippen LogP contribution in [0, 0.1) is 27.7 Å². The highest BCUT2D eigenvalue weighted by atomic mass is 16.1. The predicted octanol–water partition coefficient (Wildman–Crippen LogP) is 3.75. The van der Waals surface area contributed by atoms with Crippen LogP contribution in [0.3, 0.4) is 0 Å². The third-order valence-corrected chi connectivity index (χ3v) is 5.56. The van der Waals surface area contributed by atoms with E-state index in [0.717, 1.165) is 34.2 Å². The molecule has 0 atom stereocenters. The van der Waals surface area contributed by atoms with Gasteiger partial charge in [-0.15, -0.1) is 0 Å². The number of hydrogen-bond donors (Lipinski definition) is 3. The maximum Gasteiger partial charge on any atom is 0.270 e. The third-order valence-electron chi connectivity index (χ3n) is 5.56. The number of hydrogen-bond acceptors (Lipinski definition) is 8. The van der Waals surface area contributed by atoms with Gasteiger partial charge < -0.3 is 10.6 Å². The van der Waals surface area contributed by atoms with Crippen molar-refractivity contribution in [3.8, 4) is 17.2 Å². The van der Waals surface area contributed by atoms with Crippen LogP contribution in [0.25, 0.3) is 17.2 Å². The number of H-pyrrole nitrogens is 1. The van der Waals surface area contributed by atoms with Gasteiger partial charge in [0.15, 0.2) is 17.5 Å². The zero-order chi connectivity index (χ0) is 25.9. The number of nitrogens with zero attached hydrogens (tertiary/aromatic N) is 7. The molecular formula is C26H26N10O. The number of aromatic amines is 1. The lowest BCUT2D eigenvalue weighted by Crippen LogP contribution is -2.23. The van der Waals surface area contributed by atoms with Gasteiger partial charge in [0.25, 0.3) is 5.91 Å². The molecule has 0 saturated heterocycles. The second kappa shape index (κ2) is 9.97. The summed E-state index contributed by atoms with van der Waals surface area (Å²) in [6.45, 7) is 8.07. The minimum absolute atomic E-state index is 0.282. The molecule has 0 spiro atoms. The van der Waals surface area contributed by atoms with E-state index < -0.39 is 0 Å². The number of aryl methyl sites for hydroxylation is 4. The Labute approximate surface area is 213 Å². The Morgan fingerprint density at radius 3 is 2.43 bits per heavy atom. The summed E-state index contributed by atoms with van der Waals surface area (Å²) in [4.78, 5) is 30.5. The number of carbonyl (C=O) groups excluding carboxylic acids is 1. The molecule has 5 aromatic heterocycles. The van der Waals surface area contributed by atoms with E-state index in [-0.39, 0.29) is 5.91 Å². The monoisotopic (exact) mass is 494 g/mol. The smallest absolute Gasteiger partial charge is 0.270 e. The highest BCUT2D eigenvalue weighted by Gasteiger charge is 2.11. The number of pyridine rings is 2. The molecule has 5 aromatic rings. The number of carbonyl (C=O) groups is 1. The fourth-order valence-electron chi connectivity index (χ4n) is 3.82. The molecule has 0 radical (unpaired) electrons. The zero-order valence-electron chi connectivity index (χ0n) is 20.9. The van der Waals surface area contributed by atoms with Crippen LogP contribution in [-0.4, -0.2) is 45.8 Å². The van der Waals surface area contributed by atoms with Crippen molar-refractivity contribution in [1.82, 2.24) is 45.2 Å². The molecule has 1 amide bonds. The van der Waals surface area contributed by atoms with Gasteiger partial charge >= 0.3 is 0 Å². The Morgan fingerprint density at radius 2 is 1.78 bits per heavy atom. The molecule has 37 heavy (non-hydrogen) atoms. The molecule has 11 heteroatoms. The second-order valence-corrected chi connectivity index (χ2v) is 8.76. The van der Waals surface area contributed by atoms with Gasteiger partial charge in [-0.1, -0.05) is 6.07 Å². The van der Waals surface area contributed by atoms with Crippen molar-refractivity contribution in [2.75, 3.05) is 5.32 Å². The number of rotatable bonds is 7. The molecule has 186 valence electrons. The third kappa shape index (κ3) is 5.50. The van der Waals surface area contributed by atoms with Crippen LogP contribution < -0.4 is 10.6 Å². The summed E-state index contributed by atoms with van der Waals surface area (Å²) in [6.07, 6.45) is 3.32. The van der Waals surface area contributed by atoms with Gasteiger partial charge in [-0.2, -0.15) is 10.2 Å². The van der Waals surface area contributed by atoms with Crippen LogP contribution in [0.15, 0.2) is 54.9 Å². The van der Waals surface area contributed by atoms with E-state index in [0.29, 0.717) is 35.3 Å². The van der Waals surface area contributed by atoms with Gasteiger partial charge in [-0.05, 0) is 57.5 Å². The number of anilines is 2. The number of aromatic nitrogens is 8. The molecule has 3 N–H and O–H groups in total. The largest absolute Gasteiger partial charge is 0.347 e. The standard InChI is InChI=1S/C26H26N10O/c1-15-10-22(31-23-11-16(2)33-34-23)32-25(30-15)20-6-7-21(27-14-20)26(37)29-13-19-5-8-24(28-12-19)36-18(4)9-17(3)35-36/h5-12,14H,13H2,1-4H3,(H,29,37)(H2,30,31,32,33,34). The van der Waals surface area contributed by atoms with E-state index in [2.05, 4.69) is 45.9 Å². The quantitative estimate of drug-likeness (QED) is 0.311. The van der Waals surface area contributed by atoms with Crippen LogP contribution in [0.4, 0.5) is 11.6 Å². The second-order valence-electron chi connectivity index (χ2n) is 8.76.